The number of halogens is 3. The van der Waals surface area contributed by atoms with E-state index in [2.05, 4.69) is 10.1 Å². The summed E-state index contributed by atoms with van der Waals surface area (Å²) >= 11 is 0. The number of carbonyl (C=O) groups is 1. The Labute approximate surface area is 209 Å². The third-order valence-electron chi connectivity index (χ3n) is 6.45. The molecular formula is C25H21F3N4O4S. The van der Waals surface area contributed by atoms with Crippen LogP contribution in [0.3, 0.4) is 0 Å². The molecule has 5 rings (SSSR count). The van der Waals surface area contributed by atoms with Crippen molar-refractivity contribution in [1.29, 1.82) is 0 Å². The lowest BCUT2D eigenvalue weighted by molar-refractivity contribution is -0.140. The van der Waals surface area contributed by atoms with Gasteiger partial charge < -0.3 is 10.0 Å². The standard InChI is InChI=1S/C25H21F3N4O4S/c1-15-12-23(32(30-15)20-10-11-29-19-8-4-2-6-17(19)20)31-14-16(13-21(31)24(33)34)37(35,36)22-9-5-3-7-18(22)25(26,27)28/h2-12,16,21H,13-14H2,1H3,(H,33,34)/t16-,21+/m1/s1. The molecule has 1 saturated heterocycles. The second-order valence-corrected chi connectivity index (χ2v) is 11.0. The number of pyridine rings is 1. The quantitative estimate of drug-likeness (QED) is 0.411. The van der Waals surface area contributed by atoms with Gasteiger partial charge in [0.2, 0.25) is 0 Å². The SMILES string of the molecule is Cc1cc(N2C[C@H](S(=O)(=O)c3ccccc3C(F)(F)F)C[C@H]2C(=O)O)n(-c2ccnc3ccccc23)n1. The summed E-state index contributed by atoms with van der Waals surface area (Å²) in [6, 6.07) is 13.3. The fraction of sp³-hybridized carbons (Fsp3) is 0.240. The van der Waals surface area contributed by atoms with Crippen LogP contribution in [0, 0.1) is 6.92 Å². The van der Waals surface area contributed by atoms with Gasteiger partial charge in [-0.05, 0) is 37.6 Å². The Bertz CT molecular complexity index is 1610. The number of carboxylic acids is 1. The zero-order valence-corrected chi connectivity index (χ0v) is 20.2. The molecule has 1 aliphatic rings. The Balaban J connectivity index is 1.60. The highest BCUT2D eigenvalue weighted by molar-refractivity contribution is 7.92. The minimum absolute atomic E-state index is 0.320. The number of benzene rings is 2. The van der Waals surface area contributed by atoms with Crippen molar-refractivity contribution in [1.82, 2.24) is 14.8 Å². The third kappa shape index (κ3) is 4.31. The van der Waals surface area contributed by atoms with E-state index in [1.807, 2.05) is 24.3 Å². The maximum absolute atomic E-state index is 13.6. The van der Waals surface area contributed by atoms with E-state index in [1.54, 1.807) is 25.3 Å². The highest BCUT2D eigenvalue weighted by atomic mass is 32.2. The van der Waals surface area contributed by atoms with Gasteiger partial charge in [0.25, 0.3) is 0 Å². The molecule has 192 valence electrons. The molecule has 2 aromatic heterocycles. The zero-order chi connectivity index (χ0) is 26.5. The number of fused-ring (bicyclic) bond motifs is 1. The van der Waals surface area contributed by atoms with Gasteiger partial charge in [-0.3, -0.25) is 4.98 Å². The predicted octanol–water partition coefficient (Wildman–Crippen LogP) is 4.25. The van der Waals surface area contributed by atoms with E-state index < -0.39 is 43.7 Å². The van der Waals surface area contributed by atoms with Gasteiger partial charge in [0, 0.05) is 24.2 Å². The molecule has 12 heteroatoms. The Morgan fingerprint density at radius 1 is 1.08 bits per heavy atom. The van der Waals surface area contributed by atoms with Crippen molar-refractivity contribution in [3.05, 3.63) is 78.1 Å². The molecule has 0 aliphatic carbocycles. The molecule has 0 radical (unpaired) electrons. The number of sulfone groups is 1. The van der Waals surface area contributed by atoms with Crippen LogP contribution in [0.5, 0.6) is 0 Å². The molecule has 8 nitrogen and oxygen atoms in total. The molecule has 1 N–H and O–H groups in total. The molecule has 0 saturated carbocycles. The maximum Gasteiger partial charge on any atom is 0.417 e. The minimum atomic E-state index is -4.88. The van der Waals surface area contributed by atoms with Crippen LogP contribution < -0.4 is 4.90 Å². The van der Waals surface area contributed by atoms with Gasteiger partial charge in [0.05, 0.1) is 32.6 Å². The number of aryl methyl sites for hydroxylation is 1. The second kappa shape index (κ2) is 8.87. The van der Waals surface area contributed by atoms with Gasteiger partial charge in [-0.25, -0.2) is 17.9 Å². The van der Waals surface area contributed by atoms with Crippen LogP contribution in [-0.4, -0.2) is 52.1 Å². The molecule has 0 unspecified atom stereocenters. The van der Waals surface area contributed by atoms with Gasteiger partial charge in [0.15, 0.2) is 9.84 Å². The van der Waals surface area contributed by atoms with Crippen LogP contribution in [0.4, 0.5) is 19.0 Å². The fourth-order valence-corrected chi connectivity index (χ4v) is 6.68. The van der Waals surface area contributed by atoms with Crippen molar-refractivity contribution in [3.8, 4) is 5.69 Å². The third-order valence-corrected chi connectivity index (χ3v) is 8.64. The summed E-state index contributed by atoms with van der Waals surface area (Å²) < 4.78 is 69.2. The highest BCUT2D eigenvalue weighted by Crippen LogP contribution is 2.39. The zero-order valence-electron chi connectivity index (χ0n) is 19.4. The first-order valence-electron chi connectivity index (χ1n) is 11.3. The Morgan fingerprint density at radius 2 is 1.78 bits per heavy atom. The first-order valence-corrected chi connectivity index (χ1v) is 12.8. The van der Waals surface area contributed by atoms with E-state index in [-0.39, 0.29) is 13.0 Å². The Morgan fingerprint density at radius 3 is 2.51 bits per heavy atom. The van der Waals surface area contributed by atoms with Crippen molar-refractivity contribution >= 4 is 32.5 Å². The van der Waals surface area contributed by atoms with Crippen LogP contribution in [0.15, 0.2) is 71.8 Å². The lowest BCUT2D eigenvalue weighted by Crippen LogP contribution is -2.37. The monoisotopic (exact) mass is 530 g/mol. The molecule has 37 heavy (non-hydrogen) atoms. The maximum atomic E-state index is 13.6. The number of aromatic nitrogens is 3. The predicted molar refractivity (Wildman–Crippen MR) is 129 cm³/mol. The number of alkyl halides is 3. The van der Waals surface area contributed by atoms with E-state index in [0.29, 0.717) is 28.8 Å². The van der Waals surface area contributed by atoms with Gasteiger partial charge in [-0.15, -0.1) is 0 Å². The number of para-hydroxylation sites is 1. The molecule has 0 amide bonds. The molecular weight excluding hydrogens is 509 g/mol. The first-order chi connectivity index (χ1) is 17.5. The minimum Gasteiger partial charge on any atom is -0.480 e. The largest absolute Gasteiger partial charge is 0.480 e. The summed E-state index contributed by atoms with van der Waals surface area (Å²) in [4.78, 5) is 17.1. The highest BCUT2D eigenvalue weighted by Gasteiger charge is 2.47. The normalized spacial score (nSPS) is 18.4. The van der Waals surface area contributed by atoms with E-state index in [0.717, 1.165) is 17.5 Å². The summed E-state index contributed by atoms with van der Waals surface area (Å²) in [7, 11) is -4.53. The molecule has 1 fully saturated rings. The van der Waals surface area contributed by atoms with Gasteiger partial charge in [0.1, 0.15) is 11.9 Å². The summed E-state index contributed by atoms with van der Waals surface area (Å²) in [5, 5.41) is 13.8. The van der Waals surface area contributed by atoms with Crippen LogP contribution >= 0.6 is 0 Å². The average molecular weight is 531 g/mol. The first kappa shape index (κ1) is 24.8. The van der Waals surface area contributed by atoms with E-state index in [1.165, 1.54) is 15.6 Å². The van der Waals surface area contributed by atoms with Crippen molar-refractivity contribution < 1.29 is 31.5 Å². The van der Waals surface area contributed by atoms with Crippen molar-refractivity contribution in [2.75, 3.05) is 11.4 Å². The second-order valence-electron chi connectivity index (χ2n) is 8.81. The average Bonchev–Trinajstić information content (AvgIpc) is 3.47. The summed E-state index contributed by atoms with van der Waals surface area (Å²) in [6.45, 7) is 1.39. The number of rotatable bonds is 5. The molecule has 2 atom stereocenters. The van der Waals surface area contributed by atoms with Crippen molar-refractivity contribution in [3.63, 3.8) is 0 Å². The summed E-state index contributed by atoms with van der Waals surface area (Å²) in [6.07, 6.45) is -3.68. The molecule has 1 aliphatic heterocycles. The molecule has 0 bridgehead atoms. The van der Waals surface area contributed by atoms with Crippen LogP contribution in [0.2, 0.25) is 0 Å². The van der Waals surface area contributed by atoms with Crippen molar-refractivity contribution in [2.45, 2.75) is 35.7 Å². The smallest absolute Gasteiger partial charge is 0.417 e. The van der Waals surface area contributed by atoms with Crippen LogP contribution in [0.1, 0.15) is 17.7 Å². The van der Waals surface area contributed by atoms with Crippen LogP contribution in [-0.2, 0) is 20.8 Å². The van der Waals surface area contributed by atoms with Gasteiger partial charge in [-0.1, -0.05) is 30.3 Å². The van der Waals surface area contributed by atoms with Gasteiger partial charge in [-0.2, -0.15) is 18.3 Å². The number of carboxylic acid groups (broad SMARTS) is 1. The summed E-state index contributed by atoms with van der Waals surface area (Å²) in [5.74, 6) is -0.963. The molecule has 0 spiro atoms. The van der Waals surface area contributed by atoms with E-state index in [4.69, 9.17) is 0 Å². The summed E-state index contributed by atoms with van der Waals surface area (Å²) in [5.41, 5.74) is 0.560. The number of nitrogens with zero attached hydrogens (tertiary/aromatic N) is 4. The van der Waals surface area contributed by atoms with Gasteiger partial charge >= 0.3 is 12.1 Å². The van der Waals surface area contributed by atoms with Crippen molar-refractivity contribution in [2.24, 2.45) is 0 Å². The fourth-order valence-electron chi connectivity index (χ4n) is 4.77. The molecule has 4 aromatic rings. The number of aliphatic carboxylic acids is 1. The number of hydrogen-bond donors (Lipinski definition) is 1. The van der Waals surface area contributed by atoms with Crippen LogP contribution in [0.25, 0.3) is 16.6 Å². The topological polar surface area (TPSA) is 105 Å². The Kier molecular flexibility index (Phi) is 5.94. The van der Waals surface area contributed by atoms with E-state index >= 15 is 0 Å². The lowest BCUT2D eigenvalue weighted by atomic mass is 10.2. The molecule has 2 aromatic carbocycles. The number of hydrogen-bond acceptors (Lipinski definition) is 6. The number of anilines is 1. The molecule has 3 heterocycles. The lowest BCUT2D eigenvalue weighted by Gasteiger charge is -2.24. The Hall–Kier alpha value is -3.93. The van der Waals surface area contributed by atoms with E-state index in [9.17, 15) is 31.5 Å².